The first-order chi connectivity index (χ1) is 12.7. The van der Waals surface area contributed by atoms with Crippen molar-refractivity contribution in [1.82, 2.24) is 10.6 Å². The lowest BCUT2D eigenvalue weighted by Crippen LogP contribution is -2.48. The molecule has 1 saturated heterocycles. The molecule has 0 saturated carbocycles. The van der Waals surface area contributed by atoms with Gasteiger partial charge in [-0.3, -0.25) is 0 Å². The summed E-state index contributed by atoms with van der Waals surface area (Å²) < 4.78 is 19.4. The topological polar surface area (TPSA) is 45.7 Å². The van der Waals surface area contributed by atoms with E-state index in [9.17, 15) is 4.39 Å². The van der Waals surface area contributed by atoms with E-state index >= 15 is 0 Å². The molecule has 0 amide bonds. The van der Waals surface area contributed by atoms with Gasteiger partial charge in [0.1, 0.15) is 5.82 Å². The molecular weight excluding hydrogens is 349 g/mol. The van der Waals surface area contributed by atoms with Crippen LogP contribution in [0.2, 0.25) is 0 Å². The molecule has 6 heteroatoms. The van der Waals surface area contributed by atoms with Gasteiger partial charge in [-0.2, -0.15) is 0 Å². The Morgan fingerprint density at radius 3 is 2.77 bits per heavy atom. The van der Waals surface area contributed by atoms with Crippen LogP contribution in [0.4, 0.5) is 4.39 Å². The highest BCUT2D eigenvalue weighted by Crippen LogP contribution is 2.34. The average Bonchev–Trinajstić information content (AvgIpc) is 3.18. The molecule has 1 aromatic carbocycles. The number of aliphatic imine (C=N–C) groups is 1. The van der Waals surface area contributed by atoms with E-state index in [0.29, 0.717) is 26.3 Å². The summed E-state index contributed by atoms with van der Waals surface area (Å²) in [5.74, 6) is 0.606. The fourth-order valence-corrected chi connectivity index (χ4v) is 3.93. The lowest BCUT2D eigenvalue weighted by Gasteiger charge is -2.38. The molecule has 2 N–H and O–H groups in total. The normalized spacial score (nSPS) is 17.1. The molecule has 140 valence electrons. The minimum absolute atomic E-state index is 0.139. The van der Waals surface area contributed by atoms with Crippen LogP contribution in [0.3, 0.4) is 0 Å². The van der Waals surface area contributed by atoms with Gasteiger partial charge in [0.25, 0.3) is 0 Å². The summed E-state index contributed by atoms with van der Waals surface area (Å²) in [6, 6.07) is 11.1. The third-order valence-corrected chi connectivity index (χ3v) is 5.66. The Morgan fingerprint density at radius 1 is 1.23 bits per heavy atom. The number of ether oxygens (including phenoxy) is 1. The van der Waals surface area contributed by atoms with Crippen molar-refractivity contribution in [3.63, 3.8) is 0 Å². The molecule has 4 nitrogen and oxygen atoms in total. The predicted octanol–water partition coefficient (Wildman–Crippen LogP) is 3.69. The molecule has 0 bridgehead atoms. The Kier molecular flexibility index (Phi) is 6.63. The van der Waals surface area contributed by atoms with Gasteiger partial charge in [0.2, 0.25) is 0 Å². The number of rotatable bonds is 6. The maximum absolute atomic E-state index is 13.8. The second-order valence-electron chi connectivity index (χ2n) is 6.53. The molecular formula is C20H26FN3OS. The van der Waals surface area contributed by atoms with Crippen molar-refractivity contribution in [2.24, 2.45) is 4.99 Å². The van der Waals surface area contributed by atoms with Crippen molar-refractivity contribution in [2.45, 2.75) is 31.7 Å². The minimum atomic E-state index is -0.188. The Bertz CT molecular complexity index is 712. The quantitative estimate of drug-likeness (QED) is 0.598. The highest BCUT2D eigenvalue weighted by Gasteiger charge is 2.34. The fourth-order valence-electron chi connectivity index (χ4n) is 3.30. The first-order valence-electron chi connectivity index (χ1n) is 9.10. The Morgan fingerprint density at radius 2 is 2.08 bits per heavy atom. The second kappa shape index (κ2) is 9.14. The molecule has 2 aromatic rings. The number of hydrogen-bond acceptors (Lipinski definition) is 3. The molecule has 0 radical (unpaired) electrons. The summed E-state index contributed by atoms with van der Waals surface area (Å²) >= 11 is 1.71. The summed E-state index contributed by atoms with van der Waals surface area (Å²) in [7, 11) is 0. The van der Waals surface area contributed by atoms with Gasteiger partial charge in [0, 0.05) is 36.6 Å². The first-order valence-corrected chi connectivity index (χ1v) is 9.98. The summed E-state index contributed by atoms with van der Waals surface area (Å²) in [5, 5.41) is 8.84. The van der Waals surface area contributed by atoms with Gasteiger partial charge < -0.3 is 15.4 Å². The molecule has 0 unspecified atom stereocenters. The van der Waals surface area contributed by atoms with E-state index in [1.807, 2.05) is 12.1 Å². The summed E-state index contributed by atoms with van der Waals surface area (Å²) in [5.41, 5.74) is 0.891. The van der Waals surface area contributed by atoms with E-state index in [1.165, 1.54) is 10.9 Å². The standard InChI is InChI=1S/C20H26FN3OS/c1-2-22-19(23-14-18-7-4-12-26-18)24-15-20(8-10-25-11-9-20)16-5-3-6-17(21)13-16/h3-7,12-13H,2,8-11,14-15H2,1H3,(H2,22,23,24). The zero-order valence-electron chi connectivity index (χ0n) is 15.1. The molecule has 1 aliphatic rings. The van der Waals surface area contributed by atoms with Crippen LogP contribution in [0.5, 0.6) is 0 Å². The van der Waals surface area contributed by atoms with Crippen LogP contribution in [0.25, 0.3) is 0 Å². The Hall–Kier alpha value is -1.92. The molecule has 0 spiro atoms. The Labute approximate surface area is 158 Å². The van der Waals surface area contributed by atoms with E-state index in [1.54, 1.807) is 23.5 Å². The number of thiophene rings is 1. The van der Waals surface area contributed by atoms with E-state index in [4.69, 9.17) is 4.74 Å². The third kappa shape index (κ3) is 4.83. The van der Waals surface area contributed by atoms with Crippen LogP contribution in [0, 0.1) is 5.82 Å². The van der Waals surface area contributed by atoms with Crippen molar-refractivity contribution >= 4 is 17.3 Å². The fraction of sp³-hybridized carbons (Fsp3) is 0.450. The van der Waals surface area contributed by atoms with Gasteiger partial charge in [0.15, 0.2) is 5.96 Å². The van der Waals surface area contributed by atoms with Gasteiger partial charge in [0.05, 0.1) is 6.54 Å². The van der Waals surface area contributed by atoms with Crippen LogP contribution in [0.15, 0.2) is 46.8 Å². The number of benzene rings is 1. The Balaban J connectivity index is 1.74. The van der Waals surface area contributed by atoms with Crippen molar-refractivity contribution in [1.29, 1.82) is 0 Å². The summed E-state index contributed by atoms with van der Waals surface area (Å²) in [6.45, 7) is 5.60. The molecule has 0 aliphatic carbocycles. The molecule has 26 heavy (non-hydrogen) atoms. The molecule has 0 atom stereocenters. The molecule has 1 aromatic heterocycles. The van der Waals surface area contributed by atoms with E-state index < -0.39 is 0 Å². The first kappa shape index (κ1) is 18.9. The van der Waals surface area contributed by atoms with Crippen molar-refractivity contribution < 1.29 is 9.13 Å². The lowest BCUT2D eigenvalue weighted by atomic mass is 9.74. The van der Waals surface area contributed by atoms with Gasteiger partial charge in [-0.15, -0.1) is 11.3 Å². The van der Waals surface area contributed by atoms with E-state index in [0.717, 1.165) is 30.9 Å². The highest BCUT2D eigenvalue weighted by molar-refractivity contribution is 7.09. The zero-order chi connectivity index (χ0) is 18.2. The average molecular weight is 376 g/mol. The van der Waals surface area contributed by atoms with Gasteiger partial charge in [-0.05, 0) is 48.9 Å². The lowest BCUT2D eigenvalue weighted by molar-refractivity contribution is 0.0513. The van der Waals surface area contributed by atoms with Crippen molar-refractivity contribution in [3.05, 3.63) is 58.0 Å². The third-order valence-electron chi connectivity index (χ3n) is 4.80. The maximum Gasteiger partial charge on any atom is 0.191 e. The molecule has 1 fully saturated rings. The smallest absolute Gasteiger partial charge is 0.191 e. The number of hydrogen-bond donors (Lipinski definition) is 2. The second-order valence-corrected chi connectivity index (χ2v) is 7.56. The summed E-state index contributed by atoms with van der Waals surface area (Å²) in [6.07, 6.45) is 1.74. The van der Waals surface area contributed by atoms with Crippen molar-refractivity contribution in [3.8, 4) is 0 Å². The summed E-state index contributed by atoms with van der Waals surface area (Å²) in [4.78, 5) is 5.91. The van der Waals surface area contributed by atoms with E-state index in [-0.39, 0.29) is 11.2 Å². The zero-order valence-corrected chi connectivity index (χ0v) is 15.9. The van der Waals surface area contributed by atoms with Gasteiger partial charge in [-0.25, -0.2) is 9.38 Å². The molecule has 3 rings (SSSR count). The van der Waals surface area contributed by atoms with Crippen LogP contribution < -0.4 is 10.6 Å². The van der Waals surface area contributed by atoms with Crippen LogP contribution in [-0.2, 0) is 16.7 Å². The highest BCUT2D eigenvalue weighted by atomic mass is 32.1. The van der Waals surface area contributed by atoms with Gasteiger partial charge in [-0.1, -0.05) is 18.2 Å². The predicted molar refractivity (Wildman–Crippen MR) is 105 cm³/mol. The molecule has 1 aliphatic heterocycles. The van der Waals surface area contributed by atoms with Crippen LogP contribution in [0.1, 0.15) is 30.2 Å². The van der Waals surface area contributed by atoms with E-state index in [2.05, 4.69) is 34.0 Å². The van der Waals surface area contributed by atoms with Crippen LogP contribution >= 0.6 is 11.3 Å². The molecule has 2 heterocycles. The SMILES string of the molecule is CCNC(=NCc1cccs1)NCC1(c2cccc(F)c2)CCOCC1. The van der Waals surface area contributed by atoms with Crippen molar-refractivity contribution in [2.75, 3.05) is 26.3 Å². The van der Waals surface area contributed by atoms with Gasteiger partial charge >= 0.3 is 0 Å². The maximum atomic E-state index is 13.8. The number of halogens is 1. The number of nitrogens with zero attached hydrogens (tertiary/aromatic N) is 1. The van der Waals surface area contributed by atoms with Crippen LogP contribution in [-0.4, -0.2) is 32.3 Å². The number of guanidine groups is 1. The monoisotopic (exact) mass is 375 g/mol. The largest absolute Gasteiger partial charge is 0.381 e. The minimum Gasteiger partial charge on any atom is -0.381 e. The number of nitrogens with one attached hydrogen (secondary N) is 2.